The third-order valence-electron chi connectivity index (χ3n) is 4.07. The standard InChI is InChI=1S/C16H23NO2/c1-2-13-7-9-17(10-8-13)12-15-5-3-14(4-6-15)11-16(18)19/h3-6,13H,2,7-12H2,1H3,(H,18,19). The van der Waals surface area contributed by atoms with Crippen LogP contribution in [0.15, 0.2) is 24.3 Å². The van der Waals surface area contributed by atoms with Gasteiger partial charge in [-0.2, -0.15) is 0 Å². The van der Waals surface area contributed by atoms with Gasteiger partial charge >= 0.3 is 5.97 Å². The molecule has 0 atom stereocenters. The van der Waals surface area contributed by atoms with Gasteiger partial charge in [-0.05, 0) is 43.0 Å². The predicted molar refractivity (Wildman–Crippen MR) is 76.1 cm³/mol. The second-order valence-corrected chi connectivity index (χ2v) is 5.51. The molecule has 2 rings (SSSR count). The highest BCUT2D eigenvalue weighted by molar-refractivity contribution is 5.70. The van der Waals surface area contributed by atoms with Gasteiger partial charge in [0, 0.05) is 6.54 Å². The van der Waals surface area contributed by atoms with Crippen molar-refractivity contribution in [2.45, 2.75) is 39.2 Å². The molecule has 1 aliphatic rings. The van der Waals surface area contributed by atoms with Gasteiger partial charge in [-0.15, -0.1) is 0 Å². The maximum absolute atomic E-state index is 10.6. The molecule has 0 bridgehead atoms. The zero-order valence-corrected chi connectivity index (χ0v) is 11.6. The van der Waals surface area contributed by atoms with E-state index < -0.39 is 5.97 Å². The van der Waals surface area contributed by atoms with Crippen molar-refractivity contribution >= 4 is 5.97 Å². The zero-order valence-electron chi connectivity index (χ0n) is 11.6. The van der Waals surface area contributed by atoms with Gasteiger partial charge in [-0.25, -0.2) is 0 Å². The molecule has 19 heavy (non-hydrogen) atoms. The predicted octanol–water partition coefficient (Wildman–Crippen LogP) is 2.94. The number of nitrogens with zero attached hydrogens (tertiary/aromatic N) is 1. The molecule has 0 aromatic heterocycles. The number of rotatable bonds is 5. The van der Waals surface area contributed by atoms with Crippen LogP contribution < -0.4 is 0 Å². The number of piperidine rings is 1. The number of benzene rings is 1. The lowest BCUT2D eigenvalue weighted by Crippen LogP contribution is -2.32. The number of aliphatic carboxylic acids is 1. The van der Waals surface area contributed by atoms with E-state index in [-0.39, 0.29) is 6.42 Å². The number of likely N-dealkylation sites (tertiary alicyclic amines) is 1. The topological polar surface area (TPSA) is 40.5 Å². The highest BCUT2D eigenvalue weighted by Crippen LogP contribution is 2.21. The summed E-state index contributed by atoms with van der Waals surface area (Å²) in [4.78, 5) is 13.1. The quantitative estimate of drug-likeness (QED) is 0.886. The molecule has 3 heteroatoms. The highest BCUT2D eigenvalue weighted by atomic mass is 16.4. The molecular weight excluding hydrogens is 238 g/mol. The lowest BCUT2D eigenvalue weighted by molar-refractivity contribution is -0.136. The Labute approximate surface area is 115 Å². The van der Waals surface area contributed by atoms with Crippen molar-refractivity contribution in [1.29, 1.82) is 0 Å². The van der Waals surface area contributed by atoms with Gasteiger partial charge in [-0.3, -0.25) is 9.69 Å². The SMILES string of the molecule is CCC1CCN(Cc2ccc(CC(=O)O)cc2)CC1. The Morgan fingerprint density at radius 1 is 1.21 bits per heavy atom. The van der Waals surface area contributed by atoms with E-state index in [1.165, 1.54) is 37.9 Å². The first-order chi connectivity index (χ1) is 9.17. The minimum Gasteiger partial charge on any atom is -0.481 e. The van der Waals surface area contributed by atoms with Crippen LogP contribution in [0.2, 0.25) is 0 Å². The third kappa shape index (κ3) is 4.35. The van der Waals surface area contributed by atoms with Crippen LogP contribution in [0.4, 0.5) is 0 Å². The minimum absolute atomic E-state index is 0.113. The van der Waals surface area contributed by atoms with Gasteiger partial charge in [0.2, 0.25) is 0 Å². The van der Waals surface area contributed by atoms with E-state index in [0.717, 1.165) is 18.0 Å². The summed E-state index contributed by atoms with van der Waals surface area (Å²) in [7, 11) is 0. The van der Waals surface area contributed by atoms with Gasteiger partial charge in [-0.1, -0.05) is 37.6 Å². The Bertz CT molecular complexity index is 405. The lowest BCUT2D eigenvalue weighted by Gasteiger charge is -2.31. The molecule has 0 unspecified atom stereocenters. The molecule has 0 saturated carbocycles. The maximum atomic E-state index is 10.6. The number of carbonyl (C=O) groups is 1. The van der Waals surface area contributed by atoms with Crippen molar-refractivity contribution in [2.24, 2.45) is 5.92 Å². The van der Waals surface area contributed by atoms with Gasteiger partial charge < -0.3 is 5.11 Å². The molecule has 1 aromatic rings. The van der Waals surface area contributed by atoms with Crippen LogP contribution in [-0.4, -0.2) is 29.1 Å². The Hall–Kier alpha value is -1.35. The monoisotopic (exact) mass is 261 g/mol. The molecule has 1 heterocycles. The van der Waals surface area contributed by atoms with Crippen LogP contribution in [0.1, 0.15) is 37.3 Å². The van der Waals surface area contributed by atoms with E-state index in [0.29, 0.717) is 0 Å². The average Bonchev–Trinajstić information content (AvgIpc) is 2.41. The van der Waals surface area contributed by atoms with Crippen LogP contribution >= 0.6 is 0 Å². The molecule has 1 N–H and O–H groups in total. The Morgan fingerprint density at radius 3 is 2.32 bits per heavy atom. The molecule has 0 spiro atoms. The summed E-state index contributed by atoms with van der Waals surface area (Å²) in [6, 6.07) is 7.98. The van der Waals surface area contributed by atoms with Crippen molar-refractivity contribution in [3.63, 3.8) is 0 Å². The molecule has 0 amide bonds. The van der Waals surface area contributed by atoms with E-state index in [2.05, 4.69) is 24.0 Å². The molecule has 1 fully saturated rings. The van der Waals surface area contributed by atoms with E-state index >= 15 is 0 Å². The van der Waals surface area contributed by atoms with Crippen molar-refractivity contribution in [1.82, 2.24) is 4.90 Å². The smallest absolute Gasteiger partial charge is 0.307 e. The fraction of sp³-hybridized carbons (Fsp3) is 0.562. The molecule has 0 radical (unpaired) electrons. The number of hydrogen-bond donors (Lipinski definition) is 1. The van der Waals surface area contributed by atoms with E-state index in [1.54, 1.807) is 0 Å². The van der Waals surface area contributed by atoms with E-state index in [4.69, 9.17) is 5.11 Å². The normalized spacial score (nSPS) is 17.5. The van der Waals surface area contributed by atoms with Gasteiger partial charge in [0.05, 0.1) is 6.42 Å². The molecule has 104 valence electrons. The summed E-state index contributed by atoms with van der Waals surface area (Å²) in [5.41, 5.74) is 2.16. The largest absolute Gasteiger partial charge is 0.481 e. The Balaban J connectivity index is 1.84. The summed E-state index contributed by atoms with van der Waals surface area (Å²) >= 11 is 0. The molecule has 0 aliphatic carbocycles. The molecule has 1 aromatic carbocycles. The number of carboxylic acids is 1. The van der Waals surface area contributed by atoms with E-state index in [1.807, 2.05) is 12.1 Å². The Morgan fingerprint density at radius 2 is 1.79 bits per heavy atom. The number of carboxylic acid groups (broad SMARTS) is 1. The summed E-state index contributed by atoms with van der Waals surface area (Å²) < 4.78 is 0. The Kier molecular flexibility index (Phi) is 4.97. The third-order valence-corrected chi connectivity index (χ3v) is 4.07. The fourth-order valence-electron chi connectivity index (χ4n) is 2.75. The van der Waals surface area contributed by atoms with Crippen LogP contribution in [-0.2, 0) is 17.8 Å². The van der Waals surface area contributed by atoms with E-state index in [9.17, 15) is 4.79 Å². The van der Waals surface area contributed by atoms with Gasteiger partial charge in [0.1, 0.15) is 0 Å². The summed E-state index contributed by atoms with van der Waals surface area (Å²) in [6.07, 6.45) is 4.04. The summed E-state index contributed by atoms with van der Waals surface area (Å²) in [5, 5.41) is 8.74. The first kappa shape index (κ1) is 14.1. The van der Waals surface area contributed by atoms with Crippen molar-refractivity contribution in [3.05, 3.63) is 35.4 Å². The second-order valence-electron chi connectivity index (χ2n) is 5.51. The lowest BCUT2D eigenvalue weighted by atomic mass is 9.94. The first-order valence-corrected chi connectivity index (χ1v) is 7.19. The average molecular weight is 261 g/mol. The summed E-state index contributed by atoms with van der Waals surface area (Å²) in [5.74, 6) is 0.142. The zero-order chi connectivity index (χ0) is 13.7. The number of hydrogen-bond acceptors (Lipinski definition) is 2. The van der Waals surface area contributed by atoms with Crippen molar-refractivity contribution in [2.75, 3.05) is 13.1 Å². The van der Waals surface area contributed by atoms with Crippen LogP contribution in [0, 0.1) is 5.92 Å². The molecule has 3 nitrogen and oxygen atoms in total. The van der Waals surface area contributed by atoms with Crippen LogP contribution in [0.25, 0.3) is 0 Å². The van der Waals surface area contributed by atoms with Gasteiger partial charge in [0.25, 0.3) is 0 Å². The highest BCUT2D eigenvalue weighted by Gasteiger charge is 2.17. The van der Waals surface area contributed by atoms with Crippen LogP contribution in [0.5, 0.6) is 0 Å². The maximum Gasteiger partial charge on any atom is 0.307 e. The summed E-state index contributed by atoms with van der Waals surface area (Å²) in [6.45, 7) is 5.65. The van der Waals surface area contributed by atoms with Crippen LogP contribution in [0.3, 0.4) is 0 Å². The fourth-order valence-corrected chi connectivity index (χ4v) is 2.75. The molecule has 1 aliphatic heterocycles. The second kappa shape index (κ2) is 6.71. The van der Waals surface area contributed by atoms with Gasteiger partial charge in [0.15, 0.2) is 0 Å². The molecule has 1 saturated heterocycles. The minimum atomic E-state index is -0.769. The first-order valence-electron chi connectivity index (χ1n) is 7.19. The van der Waals surface area contributed by atoms with Crippen molar-refractivity contribution in [3.8, 4) is 0 Å². The van der Waals surface area contributed by atoms with Crippen molar-refractivity contribution < 1.29 is 9.90 Å². The molecular formula is C16H23NO2.